The molecule has 1 saturated carbocycles. The van der Waals surface area contributed by atoms with Crippen LogP contribution in [0.25, 0.3) is 0 Å². The Morgan fingerprint density at radius 3 is 2.85 bits per heavy atom. The predicted octanol–water partition coefficient (Wildman–Crippen LogP) is 1.43. The fraction of sp³-hybridized carbons (Fsp3) is 1.00. The molecule has 4 heteroatoms. The zero-order valence-corrected chi connectivity index (χ0v) is 12.7. The number of ether oxygens (including phenoxy) is 1. The normalized spacial score (nSPS) is 45.9. The molecule has 0 amide bonds. The fourth-order valence-corrected chi connectivity index (χ4v) is 4.28. The largest absolute Gasteiger partial charge is 0.386 e. The highest BCUT2D eigenvalue weighted by molar-refractivity contribution is 4.96. The Kier molecular flexibility index (Phi) is 4.65. The van der Waals surface area contributed by atoms with E-state index < -0.39 is 5.60 Å². The lowest BCUT2D eigenvalue weighted by Gasteiger charge is -2.35. The summed E-state index contributed by atoms with van der Waals surface area (Å²) in [6.07, 6.45) is 8.67. The molecule has 4 nitrogen and oxygen atoms in total. The molecule has 0 radical (unpaired) electrons. The van der Waals surface area contributed by atoms with Crippen LogP contribution in [-0.2, 0) is 4.74 Å². The second-order valence-corrected chi connectivity index (χ2v) is 7.01. The van der Waals surface area contributed by atoms with Gasteiger partial charge in [-0.25, -0.2) is 0 Å². The summed E-state index contributed by atoms with van der Waals surface area (Å²) in [6, 6.07) is 1.26. The standard InChI is InChI=1S/C16H30N2O2/c1-12-16(19,8-10-20-12)11-18-15-7-4-5-13(15)14-6-2-3-9-17-14/h12-15,17-19H,2-11H2,1H3. The molecule has 2 aliphatic heterocycles. The third-order valence-corrected chi connectivity index (χ3v) is 5.76. The third kappa shape index (κ3) is 3.03. The second kappa shape index (κ2) is 6.30. The van der Waals surface area contributed by atoms with Crippen LogP contribution < -0.4 is 10.6 Å². The summed E-state index contributed by atoms with van der Waals surface area (Å²) in [5.74, 6) is 0.747. The van der Waals surface area contributed by atoms with Crippen molar-refractivity contribution in [2.24, 2.45) is 5.92 Å². The maximum Gasteiger partial charge on any atom is 0.105 e. The summed E-state index contributed by atoms with van der Waals surface area (Å²) in [6.45, 7) is 4.55. The van der Waals surface area contributed by atoms with E-state index in [0.29, 0.717) is 25.2 Å². The molecule has 3 N–H and O–H groups in total. The van der Waals surface area contributed by atoms with E-state index in [1.807, 2.05) is 6.92 Å². The summed E-state index contributed by atoms with van der Waals surface area (Å²) in [4.78, 5) is 0. The predicted molar refractivity (Wildman–Crippen MR) is 79.8 cm³/mol. The Hall–Kier alpha value is -0.160. The topological polar surface area (TPSA) is 53.5 Å². The maximum absolute atomic E-state index is 10.6. The van der Waals surface area contributed by atoms with Crippen LogP contribution in [0.2, 0.25) is 0 Å². The maximum atomic E-state index is 10.6. The minimum Gasteiger partial charge on any atom is -0.386 e. The summed E-state index contributed by atoms with van der Waals surface area (Å²) < 4.78 is 5.52. The average molecular weight is 282 g/mol. The van der Waals surface area contributed by atoms with E-state index in [-0.39, 0.29) is 6.10 Å². The molecule has 0 spiro atoms. The van der Waals surface area contributed by atoms with Crippen LogP contribution >= 0.6 is 0 Å². The van der Waals surface area contributed by atoms with Gasteiger partial charge < -0.3 is 20.5 Å². The van der Waals surface area contributed by atoms with Crippen molar-refractivity contribution in [3.63, 3.8) is 0 Å². The van der Waals surface area contributed by atoms with Crippen molar-refractivity contribution in [1.82, 2.24) is 10.6 Å². The van der Waals surface area contributed by atoms with Crippen LogP contribution in [0.1, 0.15) is 51.9 Å². The molecule has 5 atom stereocenters. The summed E-state index contributed by atoms with van der Waals surface area (Å²) in [7, 11) is 0. The first-order valence-electron chi connectivity index (χ1n) is 8.50. The van der Waals surface area contributed by atoms with Gasteiger partial charge in [-0.05, 0) is 45.1 Å². The van der Waals surface area contributed by atoms with Gasteiger partial charge in [0, 0.05) is 31.7 Å². The summed E-state index contributed by atoms with van der Waals surface area (Å²) >= 11 is 0. The Morgan fingerprint density at radius 2 is 2.15 bits per heavy atom. The minimum absolute atomic E-state index is 0.0392. The molecular weight excluding hydrogens is 252 g/mol. The molecular formula is C16H30N2O2. The average Bonchev–Trinajstić information content (AvgIpc) is 3.06. The molecule has 3 fully saturated rings. The van der Waals surface area contributed by atoms with Crippen molar-refractivity contribution in [1.29, 1.82) is 0 Å². The molecule has 5 unspecified atom stereocenters. The second-order valence-electron chi connectivity index (χ2n) is 7.01. The number of rotatable bonds is 4. The van der Waals surface area contributed by atoms with E-state index in [0.717, 1.165) is 12.3 Å². The first-order chi connectivity index (χ1) is 9.69. The molecule has 2 heterocycles. The molecule has 0 aromatic rings. The highest BCUT2D eigenvalue weighted by Crippen LogP contribution is 2.33. The van der Waals surface area contributed by atoms with E-state index in [1.54, 1.807) is 0 Å². The van der Waals surface area contributed by atoms with Gasteiger partial charge in [0.2, 0.25) is 0 Å². The van der Waals surface area contributed by atoms with Gasteiger partial charge >= 0.3 is 0 Å². The Morgan fingerprint density at radius 1 is 1.25 bits per heavy atom. The molecule has 0 aromatic carbocycles. The first-order valence-corrected chi connectivity index (χ1v) is 8.50. The fourth-order valence-electron chi connectivity index (χ4n) is 4.28. The molecule has 20 heavy (non-hydrogen) atoms. The van der Waals surface area contributed by atoms with Crippen LogP contribution in [0.5, 0.6) is 0 Å². The zero-order chi connectivity index (χ0) is 14.0. The van der Waals surface area contributed by atoms with Crippen LogP contribution in [0, 0.1) is 5.92 Å². The number of hydrogen-bond donors (Lipinski definition) is 3. The van der Waals surface area contributed by atoms with Crippen molar-refractivity contribution in [3.05, 3.63) is 0 Å². The highest BCUT2D eigenvalue weighted by atomic mass is 16.5. The lowest BCUT2D eigenvalue weighted by Crippen LogP contribution is -2.52. The highest BCUT2D eigenvalue weighted by Gasteiger charge is 2.41. The first kappa shape index (κ1) is 14.8. The number of nitrogens with one attached hydrogen (secondary N) is 2. The monoisotopic (exact) mass is 282 g/mol. The smallest absolute Gasteiger partial charge is 0.105 e. The van der Waals surface area contributed by atoms with E-state index in [9.17, 15) is 5.11 Å². The molecule has 0 bridgehead atoms. The van der Waals surface area contributed by atoms with Crippen molar-refractivity contribution in [2.45, 2.75) is 75.7 Å². The molecule has 1 aliphatic carbocycles. The van der Waals surface area contributed by atoms with Gasteiger partial charge in [0.15, 0.2) is 0 Å². The Balaban J connectivity index is 1.53. The molecule has 3 rings (SSSR count). The number of aliphatic hydroxyl groups is 1. The van der Waals surface area contributed by atoms with Gasteiger partial charge in [-0.1, -0.05) is 12.8 Å². The van der Waals surface area contributed by atoms with Crippen molar-refractivity contribution in [3.8, 4) is 0 Å². The van der Waals surface area contributed by atoms with Gasteiger partial charge in [0.1, 0.15) is 5.60 Å². The van der Waals surface area contributed by atoms with Gasteiger partial charge in [-0.3, -0.25) is 0 Å². The van der Waals surface area contributed by atoms with Crippen molar-refractivity contribution < 1.29 is 9.84 Å². The van der Waals surface area contributed by atoms with Gasteiger partial charge in [-0.15, -0.1) is 0 Å². The molecule has 3 aliphatic rings. The van der Waals surface area contributed by atoms with Crippen LogP contribution in [0.3, 0.4) is 0 Å². The zero-order valence-electron chi connectivity index (χ0n) is 12.7. The Bertz CT molecular complexity index is 320. The van der Waals surface area contributed by atoms with E-state index >= 15 is 0 Å². The summed E-state index contributed by atoms with van der Waals surface area (Å²) in [5.41, 5.74) is -0.660. The quantitative estimate of drug-likeness (QED) is 0.730. The number of hydrogen-bond acceptors (Lipinski definition) is 4. The number of piperidine rings is 1. The molecule has 2 saturated heterocycles. The van der Waals surface area contributed by atoms with Gasteiger partial charge in [0.05, 0.1) is 6.10 Å². The summed E-state index contributed by atoms with van der Waals surface area (Å²) in [5, 5.41) is 18.0. The molecule has 116 valence electrons. The molecule has 0 aromatic heterocycles. The van der Waals surface area contributed by atoms with E-state index in [4.69, 9.17) is 4.74 Å². The van der Waals surface area contributed by atoms with Gasteiger partial charge in [0.25, 0.3) is 0 Å². The lowest BCUT2D eigenvalue weighted by atomic mass is 9.87. The minimum atomic E-state index is -0.660. The Labute approximate surface area is 122 Å². The van der Waals surface area contributed by atoms with E-state index in [2.05, 4.69) is 10.6 Å². The SMILES string of the molecule is CC1OCCC1(O)CNC1CCCC1C1CCCCN1. The van der Waals surface area contributed by atoms with E-state index in [1.165, 1.54) is 45.1 Å². The lowest BCUT2D eigenvalue weighted by molar-refractivity contribution is -0.0286. The van der Waals surface area contributed by atoms with Crippen molar-refractivity contribution >= 4 is 0 Å². The van der Waals surface area contributed by atoms with Crippen molar-refractivity contribution in [2.75, 3.05) is 19.7 Å². The van der Waals surface area contributed by atoms with Crippen LogP contribution in [-0.4, -0.2) is 48.6 Å². The third-order valence-electron chi connectivity index (χ3n) is 5.76. The van der Waals surface area contributed by atoms with Gasteiger partial charge in [-0.2, -0.15) is 0 Å². The van der Waals surface area contributed by atoms with Crippen LogP contribution in [0.4, 0.5) is 0 Å². The van der Waals surface area contributed by atoms with Crippen LogP contribution in [0.15, 0.2) is 0 Å².